The Morgan fingerprint density at radius 3 is 0.792 bits per heavy atom. The van der Waals surface area contributed by atoms with Gasteiger partial charge in [0.1, 0.15) is 0 Å². The second-order valence-electron chi connectivity index (χ2n) is 31.7. The maximum Gasteiger partial charge on any atom is 0.393 e. The quantitative estimate of drug-likeness (QED) is 0.264. The molecule has 2 saturated carbocycles. The molecule has 0 N–H and O–H groups in total. The van der Waals surface area contributed by atoms with Crippen LogP contribution in [0.2, 0.25) is 0 Å². The summed E-state index contributed by atoms with van der Waals surface area (Å²) in [4.78, 5) is 0. The lowest BCUT2D eigenvalue weighted by Gasteiger charge is -2.45. The van der Waals surface area contributed by atoms with Crippen LogP contribution in [0.4, 0.5) is 13.2 Å². The molecule has 0 nitrogen and oxygen atoms in total. The Bertz CT molecular complexity index is 1730. The van der Waals surface area contributed by atoms with Crippen LogP contribution in [0.5, 0.6) is 0 Å². The Kier molecular flexibility index (Phi) is 26.6. The molecule has 2 aliphatic carbocycles. The van der Waals surface area contributed by atoms with Crippen molar-refractivity contribution in [3.63, 3.8) is 0 Å². The van der Waals surface area contributed by atoms with Crippen molar-refractivity contribution in [2.75, 3.05) is 0 Å². The fourth-order valence-corrected chi connectivity index (χ4v) is 7.36. The Morgan fingerprint density at radius 1 is 0.458 bits per heavy atom. The van der Waals surface area contributed by atoms with E-state index in [0.717, 1.165) is 20.8 Å². The third-order valence-corrected chi connectivity index (χ3v) is 13.4. The zero-order valence-electron chi connectivity index (χ0n) is 70.6. The molecular weight excluding hydrogens is 886 g/mol. The molecule has 0 aromatic heterocycles. The largest absolute Gasteiger partial charge is 0.393 e. The first kappa shape index (κ1) is 56.5. The molecule has 1 unspecified atom stereocenters. The van der Waals surface area contributed by atoms with Gasteiger partial charge in [-0.2, -0.15) is 13.2 Å². The fourth-order valence-electron chi connectivity index (χ4n) is 7.36. The van der Waals surface area contributed by atoms with Crippen LogP contribution in [0.3, 0.4) is 0 Å². The first-order chi connectivity index (χ1) is 36.1. The van der Waals surface area contributed by atoms with E-state index in [9.17, 15) is 13.2 Å². The summed E-state index contributed by atoms with van der Waals surface area (Å²) in [6.07, 6.45) is 0.868. The van der Waals surface area contributed by atoms with Crippen molar-refractivity contribution in [2.24, 2.45) is 82.7 Å². The zero-order valence-corrected chi connectivity index (χ0v) is 55.6. The average Bonchev–Trinajstić information content (AvgIpc) is 3.65. The number of rotatable bonds is 3. The third kappa shape index (κ3) is 51.9. The van der Waals surface area contributed by atoms with Gasteiger partial charge in [-0.1, -0.05) is 315 Å². The molecule has 2 rings (SSSR count). The van der Waals surface area contributed by atoms with Crippen LogP contribution in [0.15, 0.2) is 0 Å². The minimum Gasteiger partial charge on any atom is -0.171 e. The SMILES string of the molecule is C.CC(C)(C)C1(C)CCCC1.CC(C)(C)C1(C)CCCCC1.[2H]C(C)(C)C(C)(C)C.[2H]C([2H])(C(C)(C)C)C(C)(C)C.[2H]C([2H])(C(C)(C)C)C(C)(C)C(F)(F)F.[2H]C([2H])(C(C)C)C(C)(C)C.[2H]C([2H])(C)C(C)(C)C.[2H]C([2H])([2H])C([2H])(C([2H])([2H])C)C(C)(C)C. The van der Waals surface area contributed by atoms with Gasteiger partial charge in [-0.05, 0) is 122 Å². The van der Waals surface area contributed by atoms with Crippen LogP contribution in [0.25, 0.3) is 0 Å². The van der Waals surface area contributed by atoms with Crippen molar-refractivity contribution < 1.29 is 33.7 Å². The zero-order chi connectivity index (χ0) is 72.4. The highest BCUT2D eigenvalue weighted by Gasteiger charge is 2.48. The fraction of sp³-hybridized carbons (Fsp3) is 1.00. The highest BCUT2D eigenvalue weighted by molar-refractivity contribution is 4.90. The molecule has 2 aliphatic rings. The smallest absolute Gasteiger partial charge is 0.171 e. The Morgan fingerprint density at radius 2 is 0.722 bits per heavy atom. The predicted molar refractivity (Wildman–Crippen MR) is 333 cm³/mol. The van der Waals surface area contributed by atoms with Gasteiger partial charge in [0.25, 0.3) is 0 Å². The summed E-state index contributed by atoms with van der Waals surface area (Å²) in [5.41, 5.74) is -3.02. The summed E-state index contributed by atoms with van der Waals surface area (Å²) in [5.74, 6) is -2.33. The van der Waals surface area contributed by atoms with Crippen LogP contribution in [0.1, 0.15) is 381 Å². The van der Waals surface area contributed by atoms with Gasteiger partial charge in [0, 0.05) is 20.6 Å². The van der Waals surface area contributed by atoms with Crippen molar-refractivity contribution in [3.05, 3.63) is 0 Å². The van der Waals surface area contributed by atoms with Crippen LogP contribution in [-0.4, -0.2) is 6.18 Å². The lowest BCUT2D eigenvalue weighted by Crippen LogP contribution is -2.35. The Balaban J connectivity index is -0.000000169. The second kappa shape index (κ2) is 33.9. The average molecular weight is 1050 g/mol. The van der Waals surface area contributed by atoms with Gasteiger partial charge in [-0.15, -0.1) is 0 Å². The van der Waals surface area contributed by atoms with Gasteiger partial charge in [-0.3, -0.25) is 0 Å². The van der Waals surface area contributed by atoms with Crippen molar-refractivity contribution >= 4 is 0 Å². The van der Waals surface area contributed by atoms with Gasteiger partial charge in [0.05, 0.1) is 5.41 Å². The van der Waals surface area contributed by atoms with E-state index in [1.807, 2.05) is 111 Å². The van der Waals surface area contributed by atoms with E-state index in [1.165, 1.54) is 78.6 Å². The van der Waals surface area contributed by atoms with E-state index in [2.05, 4.69) is 76.2 Å². The van der Waals surface area contributed by atoms with Gasteiger partial charge in [0.2, 0.25) is 0 Å². The van der Waals surface area contributed by atoms with Crippen molar-refractivity contribution in [1.82, 2.24) is 0 Å². The van der Waals surface area contributed by atoms with Crippen LogP contribution >= 0.6 is 0 Å². The molecule has 72 heavy (non-hydrogen) atoms. The maximum absolute atomic E-state index is 12.6. The number of halogens is 3. The lowest BCUT2D eigenvalue weighted by molar-refractivity contribution is -0.220. The summed E-state index contributed by atoms with van der Waals surface area (Å²) in [6.45, 7) is 67.4. The standard InChI is InChI=1S/C11H22.C10H20.C9H17F3.C9H20.2C8H18.C7H16.C6H14.CH4/c1-10(2,3)11(4)8-6-5-7-9-11;1-9(2,3)10(4)7-5-6-8-10;1-7(2,3)6-8(4,5)9(10,11)12;1-8(2,3)7-9(4,5)6;1-7(2)6-8(3,4)5;1-6-7(2)8(3,4)5;1-6(2)7(3,4)5;1-5-6(2,3)4;/h5-9H2,1-4H3;5-8H2,1-4H3;6H2,1-5H3;7H2,1-6H3;2*7H,6H2,1-5H3;6H,1-5H3;5H2,1-4H3;1H4/i;;6D2;7D2;6D2;2D3,6D2,7D;6D;5D2;. The normalized spacial score (nSPS) is 21.9. The van der Waals surface area contributed by atoms with E-state index >= 15 is 0 Å². The molecule has 2 fully saturated rings. The maximum atomic E-state index is 12.6. The molecule has 0 heterocycles. The van der Waals surface area contributed by atoms with Crippen LogP contribution in [0, 0.1) is 82.7 Å². The Hall–Kier alpha value is -0.210. The third-order valence-electron chi connectivity index (χ3n) is 13.4. The molecule has 0 saturated heterocycles. The van der Waals surface area contributed by atoms with E-state index in [4.69, 9.17) is 20.6 Å². The first-order valence-electron chi connectivity index (χ1n) is 35.2. The molecular formula is C69H149F3. The summed E-state index contributed by atoms with van der Waals surface area (Å²) in [7, 11) is 0. The molecule has 0 spiro atoms. The number of hydrogen-bond acceptors (Lipinski definition) is 0. The molecule has 3 heteroatoms. The van der Waals surface area contributed by atoms with Gasteiger partial charge >= 0.3 is 6.18 Å². The number of hydrogen-bond donors (Lipinski definition) is 0. The van der Waals surface area contributed by atoms with Gasteiger partial charge in [0.15, 0.2) is 0 Å². The molecule has 0 aliphatic heterocycles. The molecule has 0 bridgehead atoms. The van der Waals surface area contributed by atoms with Gasteiger partial charge in [-0.25, -0.2) is 0 Å². The van der Waals surface area contributed by atoms with Crippen LogP contribution in [-0.2, 0) is 0 Å². The molecule has 0 amide bonds. The predicted octanol–water partition coefficient (Wildman–Crippen LogP) is 27.0. The topological polar surface area (TPSA) is 0 Å². The van der Waals surface area contributed by atoms with E-state index in [1.54, 1.807) is 27.7 Å². The lowest BCUT2D eigenvalue weighted by atomic mass is 9.61. The molecule has 0 radical (unpaired) electrons. The highest BCUT2D eigenvalue weighted by atomic mass is 19.4. The number of alkyl halides is 3. The Labute approximate surface area is 481 Å². The molecule has 0 aromatic carbocycles. The summed E-state index contributed by atoms with van der Waals surface area (Å²) < 4.78 is 151. The molecule has 446 valence electrons. The van der Waals surface area contributed by atoms with Crippen molar-refractivity contribution in [1.29, 1.82) is 0 Å². The summed E-state index contributed by atoms with van der Waals surface area (Å²) >= 11 is 0. The van der Waals surface area contributed by atoms with Crippen molar-refractivity contribution in [3.8, 4) is 0 Å². The first-order valence-corrected chi connectivity index (χ1v) is 27.7. The minimum absolute atomic E-state index is 0. The molecule has 0 aromatic rings. The molecule has 1 atom stereocenters. The summed E-state index contributed by atoms with van der Waals surface area (Å²) in [6, 6.07) is 0. The summed E-state index contributed by atoms with van der Waals surface area (Å²) in [5, 5.41) is 0. The van der Waals surface area contributed by atoms with Crippen molar-refractivity contribution in [2.45, 2.75) is 366 Å². The van der Waals surface area contributed by atoms with E-state index in [-0.39, 0.29) is 46.3 Å². The van der Waals surface area contributed by atoms with Gasteiger partial charge < -0.3 is 0 Å². The van der Waals surface area contributed by atoms with E-state index in [0.29, 0.717) is 21.7 Å². The minimum atomic E-state index is -4.54. The van der Waals surface area contributed by atoms with Crippen LogP contribution < -0.4 is 0 Å². The monoisotopic (exact) mass is 1050 g/mol. The van der Waals surface area contributed by atoms with E-state index < -0.39 is 67.0 Å². The second-order valence-corrected chi connectivity index (χ2v) is 31.7. The highest BCUT2D eigenvalue weighted by Crippen LogP contribution is 2.51.